The van der Waals surface area contributed by atoms with E-state index >= 15 is 0 Å². The molecule has 3 aromatic carbocycles. The molecule has 1 amide bonds. The third kappa shape index (κ3) is 7.06. The number of benzene rings is 3. The number of nitrogens with one attached hydrogen (secondary N) is 2. The number of halogens is 2. The Balaban J connectivity index is 1.31. The van der Waals surface area contributed by atoms with Gasteiger partial charge in [-0.3, -0.25) is 9.52 Å². The Morgan fingerprint density at radius 3 is 2.08 bits per heavy atom. The molecule has 1 fully saturated rings. The topological polar surface area (TPSA) is 113 Å². The molecule has 0 spiro atoms. The normalized spacial score (nSPS) is 15.2. The molecule has 2 N–H and O–H groups in total. The number of rotatable bonds is 8. The van der Waals surface area contributed by atoms with Crippen LogP contribution in [0.15, 0.2) is 71.6 Å². The zero-order valence-electron chi connectivity index (χ0n) is 20.5. The number of anilines is 2. The summed E-state index contributed by atoms with van der Waals surface area (Å²) in [5.41, 5.74) is 2.47. The molecule has 0 saturated carbocycles. The van der Waals surface area contributed by atoms with Gasteiger partial charge < -0.3 is 5.32 Å². The van der Waals surface area contributed by atoms with Crippen molar-refractivity contribution in [1.82, 2.24) is 4.31 Å². The summed E-state index contributed by atoms with van der Waals surface area (Å²) in [5, 5.41) is 3.45. The van der Waals surface area contributed by atoms with E-state index in [1.165, 1.54) is 34.6 Å². The first-order valence-corrected chi connectivity index (χ1v) is 15.7. The summed E-state index contributed by atoms with van der Waals surface area (Å²) >= 11 is 11.9. The van der Waals surface area contributed by atoms with Crippen molar-refractivity contribution in [2.24, 2.45) is 5.92 Å². The summed E-state index contributed by atoms with van der Waals surface area (Å²) in [6.07, 6.45) is 0.749. The second-order valence-corrected chi connectivity index (χ2v) is 13.6. The zero-order chi connectivity index (χ0) is 27.5. The van der Waals surface area contributed by atoms with Crippen molar-refractivity contribution < 1.29 is 21.6 Å². The summed E-state index contributed by atoms with van der Waals surface area (Å²) in [6.45, 7) is 2.36. The van der Waals surface area contributed by atoms with E-state index in [9.17, 15) is 21.6 Å². The van der Waals surface area contributed by atoms with Crippen molar-refractivity contribution in [1.29, 1.82) is 0 Å². The van der Waals surface area contributed by atoms with Crippen molar-refractivity contribution >= 4 is 60.5 Å². The third-order valence-corrected chi connectivity index (χ3v) is 10.3. The van der Waals surface area contributed by atoms with Crippen molar-refractivity contribution in [2.45, 2.75) is 30.4 Å². The van der Waals surface area contributed by atoms with Gasteiger partial charge in [-0.25, -0.2) is 21.1 Å². The highest BCUT2D eigenvalue weighted by atomic mass is 35.5. The fraction of sp³-hybridized carbons (Fsp3) is 0.269. The number of amides is 1. The van der Waals surface area contributed by atoms with Crippen LogP contribution in [0.1, 0.15) is 24.0 Å². The van der Waals surface area contributed by atoms with E-state index in [4.69, 9.17) is 23.2 Å². The molecule has 1 saturated heterocycles. The maximum Gasteiger partial charge on any atom is 0.261 e. The first-order valence-electron chi connectivity index (χ1n) is 11.9. The lowest BCUT2D eigenvalue weighted by atomic mass is 9.97. The summed E-state index contributed by atoms with van der Waals surface area (Å²) in [5.74, 6) is -0.799. The van der Waals surface area contributed by atoms with Gasteiger partial charge in [-0.2, -0.15) is 0 Å². The van der Waals surface area contributed by atoms with Crippen LogP contribution in [0.3, 0.4) is 0 Å². The Bertz CT molecular complexity index is 1520. The van der Waals surface area contributed by atoms with Crippen molar-refractivity contribution in [3.8, 4) is 0 Å². The van der Waals surface area contributed by atoms with Gasteiger partial charge in [-0.1, -0.05) is 47.0 Å². The molecular weight excluding hydrogens is 569 g/mol. The minimum Gasteiger partial charge on any atom is -0.326 e. The van der Waals surface area contributed by atoms with Gasteiger partial charge in [0.2, 0.25) is 15.9 Å². The maximum absolute atomic E-state index is 12.9. The number of sulfonamides is 2. The average Bonchev–Trinajstić information content (AvgIpc) is 2.88. The highest BCUT2D eigenvalue weighted by molar-refractivity contribution is 7.92. The Hall–Kier alpha value is -2.63. The molecule has 8 nitrogen and oxygen atoms in total. The highest BCUT2D eigenvalue weighted by Gasteiger charge is 2.31. The van der Waals surface area contributed by atoms with Gasteiger partial charge in [0.05, 0.1) is 20.7 Å². The van der Waals surface area contributed by atoms with Crippen LogP contribution < -0.4 is 10.0 Å². The van der Waals surface area contributed by atoms with Crippen LogP contribution in [0, 0.1) is 12.8 Å². The van der Waals surface area contributed by atoms with E-state index in [0.29, 0.717) is 39.8 Å². The number of hydrogen-bond donors (Lipinski definition) is 2. The van der Waals surface area contributed by atoms with E-state index < -0.39 is 20.0 Å². The van der Waals surface area contributed by atoms with Crippen LogP contribution in [0.25, 0.3) is 0 Å². The van der Waals surface area contributed by atoms with Gasteiger partial charge in [0, 0.05) is 30.4 Å². The van der Waals surface area contributed by atoms with Gasteiger partial charge in [-0.05, 0) is 73.9 Å². The van der Waals surface area contributed by atoms with Gasteiger partial charge in [0.1, 0.15) is 0 Å². The summed E-state index contributed by atoms with van der Waals surface area (Å²) < 4.78 is 55.0. The first kappa shape index (κ1) is 28.4. The van der Waals surface area contributed by atoms with Gasteiger partial charge in [0.15, 0.2) is 0 Å². The van der Waals surface area contributed by atoms with Crippen LogP contribution >= 0.6 is 23.2 Å². The van der Waals surface area contributed by atoms with Crippen LogP contribution in [-0.2, 0) is 30.6 Å². The third-order valence-electron chi connectivity index (χ3n) is 6.29. The predicted octanol–water partition coefficient (Wildman–Crippen LogP) is 5.28. The quantitative estimate of drug-likeness (QED) is 0.367. The number of hydrogen-bond acceptors (Lipinski definition) is 5. The van der Waals surface area contributed by atoms with E-state index in [1.807, 2.05) is 19.1 Å². The molecule has 38 heavy (non-hydrogen) atoms. The SMILES string of the molecule is Cc1ccc(NS(=O)(=O)c2ccc(NC(=O)C3CCN(S(=O)(=O)Cc4ccc(Cl)c(Cl)c4)CC3)cc2)cc1. The lowest BCUT2D eigenvalue weighted by molar-refractivity contribution is -0.120. The van der Waals surface area contributed by atoms with E-state index in [-0.39, 0.29) is 35.6 Å². The smallest absolute Gasteiger partial charge is 0.261 e. The highest BCUT2D eigenvalue weighted by Crippen LogP contribution is 2.27. The molecule has 3 aromatic rings. The van der Waals surface area contributed by atoms with Gasteiger partial charge in [0.25, 0.3) is 10.0 Å². The Kier molecular flexibility index (Phi) is 8.68. The molecule has 0 bridgehead atoms. The standard InChI is InChI=1S/C26H27Cl2N3O5S2/c1-18-2-5-22(6-3-18)30-38(35,36)23-9-7-21(8-10-23)29-26(32)20-12-14-31(15-13-20)37(33,34)17-19-4-11-24(27)25(28)16-19/h2-11,16,20,30H,12-15,17H2,1H3,(H,29,32). The van der Waals surface area contributed by atoms with E-state index in [1.54, 1.807) is 24.3 Å². The lowest BCUT2D eigenvalue weighted by Crippen LogP contribution is -2.41. The summed E-state index contributed by atoms with van der Waals surface area (Å²) in [4.78, 5) is 12.9. The number of carbonyl (C=O) groups is 1. The fourth-order valence-electron chi connectivity index (χ4n) is 4.12. The molecular formula is C26H27Cl2N3O5S2. The average molecular weight is 597 g/mol. The predicted molar refractivity (Wildman–Crippen MR) is 150 cm³/mol. The molecule has 1 aliphatic heterocycles. The molecule has 12 heteroatoms. The molecule has 0 radical (unpaired) electrons. The first-order chi connectivity index (χ1) is 17.9. The van der Waals surface area contributed by atoms with E-state index in [2.05, 4.69) is 10.0 Å². The largest absolute Gasteiger partial charge is 0.326 e. The maximum atomic E-state index is 12.9. The number of aryl methyl sites for hydroxylation is 1. The van der Waals surface area contributed by atoms with Crippen molar-refractivity contribution in [2.75, 3.05) is 23.1 Å². The number of piperidine rings is 1. The Morgan fingerprint density at radius 1 is 0.868 bits per heavy atom. The monoisotopic (exact) mass is 595 g/mol. The van der Waals surface area contributed by atoms with Gasteiger partial charge in [-0.15, -0.1) is 0 Å². The second kappa shape index (κ2) is 11.6. The van der Waals surface area contributed by atoms with Crippen molar-refractivity contribution in [3.05, 3.63) is 87.9 Å². The van der Waals surface area contributed by atoms with Gasteiger partial charge >= 0.3 is 0 Å². The van der Waals surface area contributed by atoms with Crippen molar-refractivity contribution in [3.63, 3.8) is 0 Å². The van der Waals surface area contributed by atoms with Crippen LogP contribution in [0.2, 0.25) is 10.0 Å². The molecule has 0 aromatic heterocycles. The minimum atomic E-state index is -3.78. The summed E-state index contributed by atoms with van der Waals surface area (Å²) in [6, 6.07) is 17.6. The number of nitrogens with zero attached hydrogens (tertiary/aromatic N) is 1. The molecule has 0 aliphatic carbocycles. The Morgan fingerprint density at radius 2 is 1.47 bits per heavy atom. The number of carbonyl (C=O) groups excluding carboxylic acids is 1. The molecule has 0 unspecified atom stereocenters. The van der Waals surface area contributed by atoms with Crippen LogP contribution in [0.5, 0.6) is 0 Å². The lowest BCUT2D eigenvalue weighted by Gasteiger charge is -2.30. The van der Waals surface area contributed by atoms with Crippen LogP contribution in [0.4, 0.5) is 11.4 Å². The molecule has 4 rings (SSSR count). The molecule has 1 aliphatic rings. The minimum absolute atomic E-state index is 0.0663. The van der Waals surface area contributed by atoms with Crippen LogP contribution in [-0.4, -0.2) is 40.1 Å². The molecule has 202 valence electrons. The molecule has 1 heterocycles. The molecule has 0 atom stereocenters. The second-order valence-electron chi connectivity index (χ2n) is 9.16. The Labute approximate surface area is 233 Å². The van der Waals surface area contributed by atoms with E-state index in [0.717, 1.165) is 5.56 Å². The zero-order valence-corrected chi connectivity index (χ0v) is 23.7. The fourth-order valence-corrected chi connectivity index (χ4v) is 7.05. The summed E-state index contributed by atoms with van der Waals surface area (Å²) in [7, 11) is -7.36.